The highest BCUT2D eigenvalue weighted by molar-refractivity contribution is 5.85. The Balaban J connectivity index is 2.59. The molecule has 4 nitrogen and oxygen atoms in total. The van der Waals surface area contributed by atoms with Gasteiger partial charge in [0.05, 0.1) is 5.41 Å². The Hall–Kier alpha value is -1.06. The molecule has 0 heterocycles. The molecule has 15 heavy (non-hydrogen) atoms. The molecule has 0 aliphatic heterocycles. The summed E-state index contributed by atoms with van der Waals surface area (Å²) in [6.45, 7) is 5.14. The molecule has 0 bridgehead atoms. The monoisotopic (exact) mass is 213 g/mol. The highest BCUT2D eigenvalue weighted by Gasteiger charge is 2.46. The van der Waals surface area contributed by atoms with Crippen LogP contribution in [0.3, 0.4) is 0 Å². The molecule has 0 aromatic carbocycles. The number of carbonyl (C=O) groups is 2. The van der Waals surface area contributed by atoms with Crippen molar-refractivity contribution in [2.45, 2.75) is 39.5 Å². The average Bonchev–Trinajstić information content (AvgIpc) is 2.12. The maximum atomic E-state index is 11.8. The van der Waals surface area contributed by atoms with E-state index in [-0.39, 0.29) is 12.3 Å². The van der Waals surface area contributed by atoms with Crippen LogP contribution in [0.5, 0.6) is 0 Å². The molecule has 0 spiro atoms. The number of carbonyl (C=O) groups excluding carboxylic acids is 1. The fourth-order valence-electron chi connectivity index (χ4n) is 2.05. The van der Waals surface area contributed by atoms with E-state index in [4.69, 9.17) is 5.11 Å². The number of aliphatic carboxylic acids is 1. The van der Waals surface area contributed by atoms with Crippen LogP contribution in [0, 0.1) is 5.41 Å². The smallest absolute Gasteiger partial charge is 0.310 e. The fraction of sp³-hybridized carbons (Fsp3) is 0.818. The van der Waals surface area contributed by atoms with Gasteiger partial charge in [-0.05, 0) is 26.7 Å². The van der Waals surface area contributed by atoms with Crippen molar-refractivity contribution in [1.29, 1.82) is 0 Å². The number of carboxylic acid groups (broad SMARTS) is 1. The van der Waals surface area contributed by atoms with Gasteiger partial charge in [-0.1, -0.05) is 6.42 Å². The Kier molecular flexibility index (Phi) is 3.72. The Morgan fingerprint density at radius 3 is 2.07 bits per heavy atom. The normalized spacial score (nSPS) is 18.0. The summed E-state index contributed by atoms with van der Waals surface area (Å²) in [7, 11) is 0. The van der Waals surface area contributed by atoms with E-state index in [1.54, 1.807) is 4.90 Å². The number of carboxylic acids is 1. The summed E-state index contributed by atoms with van der Waals surface area (Å²) in [6.07, 6.45) is 2.40. The number of rotatable bonds is 5. The zero-order valence-corrected chi connectivity index (χ0v) is 9.45. The molecule has 0 aromatic heterocycles. The molecule has 1 aliphatic rings. The third-order valence-electron chi connectivity index (χ3n) is 3.37. The van der Waals surface area contributed by atoms with Gasteiger partial charge in [-0.3, -0.25) is 9.59 Å². The fourth-order valence-corrected chi connectivity index (χ4v) is 2.05. The Bertz CT molecular complexity index is 255. The summed E-state index contributed by atoms with van der Waals surface area (Å²) in [5, 5.41) is 9.09. The molecule has 86 valence electrons. The number of hydrogen-bond acceptors (Lipinski definition) is 2. The molecule has 1 amide bonds. The molecule has 1 fully saturated rings. The minimum absolute atomic E-state index is 0.0258. The van der Waals surface area contributed by atoms with Gasteiger partial charge in [0, 0.05) is 19.5 Å². The molecule has 0 radical (unpaired) electrons. The molecule has 0 saturated heterocycles. The van der Waals surface area contributed by atoms with E-state index in [1.165, 1.54) is 0 Å². The number of hydrogen-bond donors (Lipinski definition) is 1. The van der Waals surface area contributed by atoms with Crippen molar-refractivity contribution in [1.82, 2.24) is 4.90 Å². The van der Waals surface area contributed by atoms with Crippen LogP contribution in [0.1, 0.15) is 39.5 Å². The summed E-state index contributed by atoms with van der Waals surface area (Å²) in [5.41, 5.74) is -0.750. The predicted molar refractivity (Wildman–Crippen MR) is 56.5 cm³/mol. The van der Waals surface area contributed by atoms with Crippen LogP contribution in [0.4, 0.5) is 0 Å². The van der Waals surface area contributed by atoms with Crippen molar-refractivity contribution in [3.05, 3.63) is 0 Å². The van der Waals surface area contributed by atoms with Gasteiger partial charge in [0.1, 0.15) is 0 Å². The summed E-state index contributed by atoms with van der Waals surface area (Å²) >= 11 is 0. The summed E-state index contributed by atoms with van der Waals surface area (Å²) in [4.78, 5) is 24.5. The Morgan fingerprint density at radius 1 is 1.27 bits per heavy atom. The molecule has 0 unspecified atom stereocenters. The van der Waals surface area contributed by atoms with Crippen LogP contribution >= 0.6 is 0 Å². The van der Waals surface area contributed by atoms with E-state index < -0.39 is 11.4 Å². The van der Waals surface area contributed by atoms with E-state index in [9.17, 15) is 9.59 Å². The zero-order valence-electron chi connectivity index (χ0n) is 9.45. The molecular weight excluding hydrogens is 194 g/mol. The first kappa shape index (κ1) is 12.0. The van der Waals surface area contributed by atoms with E-state index in [0.717, 1.165) is 6.42 Å². The second kappa shape index (κ2) is 4.64. The molecular formula is C11H19NO3. The third-order valence-corrected chi connectivity index (χ3v) is 3.37. The first-order valence-corrected chi connectivity index (χ1v) is 5.57. The van der Waals surface area contributed by atoms with Crippen LogP contribution in [0.15, 0.2) is 0 Å². The van der Waals surface area contributed by atoms with E-state index >= 15 is 0 Å². The van der Waals surface area contributed by atoms with Gasteiger partial charge in [-0.25, -0.2) is 0 Å². The maximum absolute atomic E-state index is 11.8. The van der Waals surface area contributed by atoms with Gasteiger partial charge in [0.15, 0.2) is 0 Å². The van der Waals surface area contributed by atoms with E-state index in [1.807, 2.05) is 13.8 Å². The lowest BCUT2D eigenvalue weighted by molar-refractivity contribution is -0.159. The minimum Gasteiger partial charge on any atom is -0.481 e. The highest BCUT2D eigenvalue weighted by Crippen LogP contribution is 2.44. The molecule has 0 aromatic rings. The maximum Gasteiger partial charge on any atom is 0.310 e. The minimum atomic E-state index is -0.811. The SMILES string of the molecule is CCN(CC)C(=O)CC1(C(=O)O)CCC1. The van der Waals surface area contributed by atoms with Crippen LogP contribution in [0.2, 0.25) is 0 Å². The second-order valence-electron chi connectivity index (χ2n) is 4.18. The third kappa shape index (κ3) is 2.30. The standard InChI is InChI=1S/C11H19NO3/c1-3-12(4-2)9(13)8-11(10(14)15)6-5-7-11/h3-8H2,1-2H3,(H,14,15). The van der Waals surface area contributed by atoms with Crippen LogP contribution in [-0.4, -0.2) is 35.0 Å². The van der Waals surface area contributed by atoms with E-state index in [2.05, 4.69) is 0 Å². The Labute approximate surface area is 90.3 Å². The van der Waals surface area contributed by atoms with Crippen LogP contribution in [-0.2, 0) is 9.59 Å². The second-order valence-corrected chi connectivity index (χ2v) is 4.18. The van der Waals surface area contributed by atoms with E-state index in [0.29, 0.717) is 25.9 Å². The lowest BCUT2D eigenvalue weighted by atomic mass is 9.66. The van der Waals surface area contributed by atoms with Crippen molar-refractivity contribution in [3.63, 3.8) is 0 Å². The molecule has 1 aliphatic carbocycles. The quantitative estimate of drug-likeness (QED) is 0.753. The summed E-state index contributed by atoms with van der Waals surface area (Å²) in [5.74, 6) is -0.837. The van der Waals surface area contributed by atoms with Crippen molar-refractivity contribution in [3.8, 4) is 0 Å². The van der Waals surface area contributed by atoms with Gasteiger partial charge in [-0.15, -0.1) is 0 Å². The van der Waals surface area contributed by atoms with Gasteiger partial charge < -0.3 is 10.0 Å². The van der Waals surface area contributed by atoms with Crippen LogP contribution in [0.25, 0.3) is 0 Å². The lowest BCUT2D eigenvalue weighted by Crippen LogP contribution is -2.43. The summed E-state index contributed by atoms with van der Waals surface area (Å²) < 4.78 is 0. The molecule has 1 saturated carbocycles. The van der Waals surface area contributed by atoms with Crippen molar-refractivity contribution < 1.29 is 14.7 Å². The first-order valence-electron chi connectivity index (χ1n) is 5.57. The van der Waals surface area contributed by atoms with Crippen molar-refractivity contribution in [2.75, 3.05) is 13.1 Å². The Morgan fingerprint density at radius 2 is 1.80 bits per heavy atom. The van der Waals surface area contributed by atoms with Gasteiger partial charge in [0.2, 0.25) is 5.91 Å². The van der Waals surface area contributed by atoms with Gasteiger partial charge in [-0.2, -0.15) is 0 Å². The zero-order chi connectivity index (χ0) is 11.5. The first-order chi connectivity index (χ1) is 7.05. The predicted octanol–water partition coefficient (Wildman–Crippen LogP) is 1.50. The largest absolute Gasteiger partial charge is 0.481 e. The van der Waals surface area contributed by atoms with Gasteiger partial charge in [0.25, 0.3) is 0 Å². The van der Waals surface area contributed by atoms with Crippen molar-refractivity contribution in [2.24, 2.45) is 5.41 Å². The van der Waals surface area contributed by atoms with Crippen LogP contribution < -0.4 is 0 Å². The molecule has 1 rings (SSSR count). The molecule has 4 heteroatoms. The average molecular weight is 213 g/mol. The molecule has 0 atom stereocenters. The highest BCUT2D eigenvalue weighted by atomic mass is 16.4. The molecule has 1 N–H and O–H groups in total. The number of amides is 1. The van der Waals surface area contributed by atoms with Crippen molar-refractivity contribution >= 4 is 11.9 Å². The lowest BCUT2D eigenvalue weighted by Gasteiger charge is -2.38. The topological polar surface area (TPSA) is 57.6 Å². The van der Waals surface area contributed by atoms with Gasteiger partial charge >= 0.3 is 5.97 Å². The number of nitrogens with zero attached hydrogens (tertiary/aromatic N) is 1. The summed E-state index contributed by atoms with van der Waals surface area (Å²) in [6, 6.07) is 0.